The predicted molar refractivity (Wildman–Crippen MR) is 155 cm³/mol. The van der Waals surface area contributed by atoms with Crippen molar-refractivity contribution in [3.63, 3.8) is 0 Å². The van der Waals surface area contributed by atoms with Crippen molar-refractivity contribution in [2.45, 2.75) is 26.8 Å². The number of nitro benzene ring substituents is 1. The molecule has 12 heteroatoms. The maximum absolute atomic E-state index is 13.8. The van der Waals surface area contributed by atoms with Crippen LogP contribution >= 0.6 is 11.3 Å². The topological polar surface area (TPSA) is 135 Å². The van der Waals surface area contributed by atoms with Gasteiger partial charge in [0.15, 0.2) is 16.3 Å². The minimum Gasteiger partial charge on any atom is -0.490 e. The van der Waals surface area contributed by atoms with Gasteiger partial charge >= 0.3 is 5.97 Å². The Kier molecular flexibility index (Phi) is 8.07. The Bertz CT molecular complexity index is 1900. The normalized spacial score (nSPS) is 14.5. The van der Waals surface area contributed by atoms with Crippen LogP contribution in [-0.2, 0) is 9.53 Å². The van der Waals surface area contributed by atoms with E-state index in [-0.39, 0.29) is 11.3 Å². The van der Waals surface area contributed by atoms with E-state index in [1.165, 1.54) is 23.9 Å². The molecule has 5 rings (SSSR count). The number of ether oxygens (including phenoxy) is 3. The van der Waals surface area contributed by atoms with Crippen molar-refractivity contribution in [2.75, 3.05) is 20.3 Å². The Morgan fingerprint density at radius 1 is 1.12 bits per heavy atom. The largest absolute Gasteiger partial charge is 0.490 e. The Morgan fingerprint density at radius 2 is 1.88 bits per heavy atom. The van der Waals surface area contributed by atoms with Gasteiger partial charge < -0.3 is 18.6 Å². The standard InChI is InChI=1S/C30H27N3O8S/c1-5-39-24-11-8-18(14-25(24)40-6-2)27-21(29(35)38-4)16-31-30-32(27)28(34)26(42-30)15-19-9-12-23(41-19)20-10-7-17(3)13-22(20)33(36)37/h7-16,27H,5-6H2,1-4H3/b26-15+/t27-/m0/s1. The average Bonchev–Trinajstić information content (AvgIpc) is 3.57. The van der Waals surface area contributed by atoms with Crippen LogP contribution in [0.4, 0.5) is 5.69 Å². The molecule has 0 unspecified atom stereocenters. The lowest BCUT2D eigenvalue weighted by Crippen LogP contribution is -2.39. The minimum atomic E-state index is -0.840. The van der Waals surface area contributed by atoms with Crippen molar-refractivity contribution in [2.24, 2.45) is 4.99 Å². The Labute approximate surface area is 243 Å². The lowest BCUT2D eigenvalue weighted by atomic mass is 9.97. The highest BCUT2D eigenvalue weighted by Crippen LogP contribution is 2.35. The third-order valence-electron chi connectivity index (χ3n) is 6.52. The number of esters is 1. The maximum atomic E-state index is 13.8. The van der Waals surface area contributed by atoms with Gasteiger partial charge in [-0.15, -0.1) is 0 Å². The van der Waals surface area contributed by atoms with Crippen LogP contribution < -0.4 is 24.4 Å². The van der Waals surface area contributed by atoms with Gasteiger partial charge in [-0.3, -0.25) is 19.5 Å². The lowest BCUT2D eigenvalue weighted by Gasteiger charge is -2.23. The number of furan rings is 1. The number of carbonyl (C=O) groups excluding carboxylic acids is 1. The molecule has 1 atom stereocenters. The number of rotatable bonds is 9. The monoisotopic (exact) mass is 589 g/mol. The van der Waals surface area contributed by atoms with Gasteiger partial charge in [-0.25, -0.2) is 9.79 Å². The molecule has 0 radical (unpaired) electrons. The van der Waals surface area contributed by atoms with E-state index in [2.05, 4.69) is 4.99 Å². The number of aromatic nitrogens is 1. The van der Waals surface area contributed by atoms with Crippen molar-refractivity contribution < 1.29 is 28.3 Å². The highest BCUT2D eigenvalue weighted by Gasteiger charge is 2.31. The summed E-state index contributed by atoms with van der Waals surface area (Å²) < 4.78 is 24.1. The van der Waals surface area contributed by atoms with Crippen molar-refractivity contribution in [3.05, 3.63) is 107 Å². The van der Waals surface area contributed by atoms with Crippen LogP contribution in [-0.4, -0.2) is 35.8 Å². The molecule has 0 amide bonds. The molecule has 0 bridgehead atoms. The Morgan fingerprint density at radius 3 is 2.60 bits per heavy atom. The summed E-state index contributed by atoms with van der Waals surface area (Å²) in [7, 11) is 1.27. The van der Waals surface area contributed by atoms with Crippen LogP contribution in [0, 0.1) is 17.0 Å². The molecule has 1 aliphatic heterocycles. The van der Waals surface area contributed by atoms with E-state index in [0.29, 0.717) is 56.7 Å². The number of carbonyl (C=O) groups is 1. The van der Waals surface area contributed by atoms with Gasteiger partial charge in [0.25, 0.3) is 11.2 Å². The SMILES string of the molecule is CCOc1ccc([C@H]2C(C(=O)OC)=CN=c3s/c(=C/c4ccc(-c5ccc(C)cc5[N+](=O)[O-])o4)c(=O)n32)cc1OCC. The number of nitro groups is 1. The number of hydrogen-bond acceptors (Lipinski definition) is 10. The van der Waals surface area contributed by atoms with Crippen LogP contribution in [0.15, 0.2) is 74.5 Å². The number of aryl methyl sites for hydroxylation is 1. The summed E-state index contributed by atoms with van der Waals surface area (Å²) in [5, 5.41) is 11.6. The Balaban J connectivity index is 1.61. The number of benzene rings is 2. The van der Waals surface area contributed by atoms with Gasteiger partial charge in [0.05, 0.1) is 47.0 Å². The quantitative estimate of drug-likeness (QED) is 0.160. The molecule has 11 nitrogen and oxygen atoms in total. The molecule has 0 fully saturated rings. The van der Waals surface area contributed by atoms with Crippen LogP contribution in [0.1, 0.15) is 36.8 Å². The molecule has 42 heavy (non-hydrogen) atoms. The summed E-state index contributed by atoms with van der Waals surface area (Å²) in [5.74, 6) is 1.02. The first-order valence-corrected chi connectivity index (χ1v) is 13.9. The Hall–Kier alpha value is -4.97. The van der Waals surface area contributed by atoms with E-state index in [9.17, 15) is 19.7 Å². The van der Waals surface area contributed by atoms with Gasteiger partial charge in [0.2, 0.25) is 0 Å². The molecule has 2 aromatic carbocycles. The number of hydrogen-bond donors (Lipinski definition) is 0. The first-order chi connectivity index (χ1) is 20.2. The smallest absolute Gasteiger partial charge is 0.337 e. The van der Waals surface area contributed by atoms with Crippen molar-refractivity contribution in [1.82, 2.24) is 4.57 Å². The molecular formula is C30H27N3O8S. The average molecular weight is 590 g/mol. The molecule has 1 aliphatic rings. The van der Waals surface area contributed by atoms with Crippen LogP contribution in [0.5, 0.6) is 11.5 Å². The van der Waals surface area contributed by atoms with E-state index >= 15 is 0 Å². The fraction of sp³-hybridized carbons (Fsp3) is 0.233. The molecule has 4 aromatic rings. The zero-order valence-electron chi connectivity index (χ0n) is 23.3. The van der Waals surface area contributed by atoms with Crippen molar-refractivity contribution in [1.29, 1.82) is 0 Å². The van der Waals surface area contributed by atoms with E-state index in [0.717, 1.165) is 16.9 Å². The summed E-state index contributed by atoms with van der Waals surface area (Å²) in [5.41, 5.74) is 1.38. The van der Waals surface area contributed by atoms with Crippen molar-refractivity contribution in [3.8, 4) is 22.8 Å². The van der Waals surface area contributed by atoms with Crippen LogP contribution in [0.25, 0.3) is 17.4 Å². The zero-order chi connectivity index (χ0) is 30.0. The fourth-order valence-electron chi connectivity index (χ4n) is 4.69. The summed E-state index contributed by atoms with van der Waals surface area (Å²) in [4.78, 5) is 42.5. The third kappa shape index (κ3) is 5.36. The molecule has 3 heterocycles. The summed E-state index contributed by atoms with van der Waals surface area (Å²) in [6.45, 7) is 6.32. The molecular weight excluding hydrogens is 562 g/mol. The van der Waals surface area contributed by atoms with E-state index < -0.39 is 22.5 Å². The molecule has 0 spiro atoms. The molecule has 0 aliphatic carbocycles. The summed E-state index contributed by atoms with van der Waals surface area (Å²) in [6.07, 6.45) is 2.96. The highest BCUT2D eigenvalue weighted by atomic mass is 32.1. The van der Waals surface area contributed by atoms with E-state index in [1.54, 1.807) is 55.5 Å². The number of methoxy groups -OCH3 is 1. The van der Waals surface area contributed by atoms with Gasteiger partial charge in [-0.05, 0) is 62.2 Å². The fourth-order valence-corrected chi connectivity index (χ4v) is 5.64. The minimum absolute atomic E-state index is 0.0765. The van der Waals surface area contributed by atoms with E-state index in [4.69, 9.17) is 18.6 Å². The predicted octanol–water partition coefficient (Wildman–Crippen LogP) is 4.29. The summed E-state index contributed by atoms with van der Waals surface area (Å²) in [6, 6.07) is 12.5. The van der Waals surface area contributed by atoms with Gasteiger partial charge in [0, 0.05) is 18.3 Å². The second-order valence-electron chi connectivity index (χ2n) is 9.23. The van der Waals surface area contributed by atoms with Crippen molar-refractivity contribution >= 4 is 29.1 Å². The molecule has 0 N–H and O–H groups in total. The first-order valence-electron chi connectivity index (χ1n) is 13.1. The third-order valence-corrected chi connectivity index (χ3v) is 7.52. The second-order valence-corrected chi connectivity index (χ2v) is 10.2. The number of thiazole rings is 1. The highest BCUT2D eigenvalue weighted by molar-refractivity contribution is 7.07. The zero-order valence-corrected chi connectivity index (χ0v) is 24.1. The summed E-state index contributed by atoms with van der Waals surface area (Å²) >= 11 is 1.12. The van der Waals surface area contributed by atoms with Crippen LogP contribution in [0.3, 0.4) is 0 Å². The first kappa shape index (κ1) is 28.6. The number of nitrogens with zero attached hydrogens (tertiary/aromatic N) is 3. The molecule has 216 valence electrons. The molecule has 2 aromatic heterocycles. The molecule has 0 saturated heterocycles. The second kappa shape index (κ2) is 11.9. The lowest BCUT2D eigenvalue weighted by molar-refractivity contribution is -0.384. The van der Waals surface area contributed by atoms with Gasteiger partial charge in [0.1, 0.15) is 11.5 Å². The van der Waals surface area contributed by atoms with Gasteiger partial charge in [-0.1, -0.05) is 23.5 Å². The molecule has 0 saturated carbocycles. The van der Waals surface area contributed by atoms with Gasteiger partial charge in [-0.2, -0.15) is 0 Å². The van der Waals surface area contributed by atoms with Crippen LogP contribution in [0.2, 0.25) is 0 Å². The number of fused-ring (bicyclic) bond motifs is 1. The maximum Gasteiger partial charge on any atom is 0.337 e. The van der Waals surface area contributed by atoms with E-state index in [1.807, 2.05) is 13.8 Å².